The number of methoxy groups -OCH3 is 1. The monoisotopic (exact) mass is 263 g/mol. The molecular weight excluding hydrogens is 238 g/mol. The van der Waals surface area contributed by atoms with Gasteiger partial charge < -0.3 is 14.8 Å². The third-order valence-electron chi connectivity index (χ3n) is 2.52. The van der Waals surface area contributed by atoms with Crippen LogP contribution in [0.4, 0.5) is 0 Å². The van der Waals surface area contributed by atoms with Crippen molar-refractivity contribution in [1.29, 1.82) is 0 Å². The minimum Gasteiger partial charge on any atom is -0.493 e. The number of nitrogens with one attached hydrogen (secondary N) is 1. The predicted octanol–water partition coefficient (Wildman–Crippen LogP) is 3.49. The van der Waals surface area contributed by atoms with Gasteiger partial charge in [0.1, 0.15) is 0 Å². The average Bonchev–Trinajstić information content (AvgIpc) is 2.35. The molecule has 0 spiro atoms. The van der Waals surface area contributed by atoms with E-state index in [9.17, 15) is 0 Å². The molecule has 19 heavy (non-hydrogen) atoms. The lowest BCUT2D eigenvalue weighted by Crippen LogP contribution is -2.22. The van der Waals surface area contributed by atoms with Crippen LogP contribution in [0.5, 0.6) is 11.5 Å². The van der Waals surface area contributed by atoms with Crippen LogP contribution in [-0.4, -0.2) is 25.8 Å². The Balaban J connectivity index is 2.86. The van der Waals surface area contributed by atoms with Crippen molar-refractivity contribution in [3.63, 3.8) is 0 Å². The smallest absolute Gasteiger partial charge is 0.168 e. The van der Waals surface area contributed by atoms with Gasteiger partial charge in [-0.3, -0.25) is 0 Å². The summed E-state index contributed by atoms with van der Waals surface area (Å²) in [5.74, 6) is 1.58. The molecule has 0 fully saturated rings. The van der Waals surface area contributed by atoms with E-state index < -0.39 is 0 Å². The highest BCUT2D eigenvalue weighted by molar-refractivity contribution is 5.62. The fourth-order valence-corrected chi connectivity index (χ4v) is 1.68. The number of rotatable bonds is 7. The molecule has 3 nitrogen and oxygen atoms in total. The summed E-state index contributed by atoms with van der Waals surface area (Å²) in [6.45, 7) is 9.13. The highest BCUT2D eigenvalue weighted by Crippen LogP contribution is 2.32. The number of para-hydroxylation sites is 1. The quantitative estimate of drug-likeness (QED) is 0.817. The topological polar surface area (TPSA) is 30.5 Å². The van der Waals surface area contributed by atoms with Crippen LogP contribution in [0.25, 0.3) is 6.08 Å². The van der Waals surface area contributed by atoms with Crippen molar-refractivity contribution in [2.45, 2.75) is 39.8 Å². The lowest BCUT2D eigenvalue weighted by Gasteiger charge is -2.16. The van der Waals surface area contributed by atoms with E-state index in [1.165, 1.54) is 0 Å². The van der Waals surface area contributed by atoms with Gasteiger partial charge in [0.25, 0.3) is 0 Å². The number of hydrogen-bond acceptors (Lipinski definition) is 3. The molecule has 0 saturated carbocycles. The first-order valence-electron chi connectivity index (χ1n) is 6.78. The van der Waals surface area contributed by atoms with Gasteiger partial charge in [-0.1, -0.05) is 38.1 Å². The van der Waals surface area contributed by atoms with Crippen molar-refractivity contribution in [3.05, 3.63) is 29.8 Å². The molecule has 106 valence electrons. The molecule has 1 N–H and O–H groups in total. The zero-order chi connectivity index (χ0) is 14.3. The summed E-state index contributed by atoms with van der Waals surface area (Å²) in [5.41, 5.74) is 1.04. The number of benzene rings is 1. The van der Waals surface area contributed by atoms with Crippen molar-refractivity contribution in [1.82, 2.24) is 5.32 Å². The second-order valence-electron chi connectivity index (χ2n) is 5.01. The van der Waals surface area contributed by atoms with Crippen molar-refractivity contribution >= 4 is 6.08 Å². The van der Waals surface area contributed by atoms with Crippen molar-refractivity contribution in [2.75, 3.05) is 13.7 Å². The van der Waals surface area contributed by atoms with Gasteiger partial charge in [-0.2, -0.15) is 0 Å². The molecule has 0 aliphatic rings. The zero-order valence-electron chi connectivity index (χ0n) is 12.6. The van der Waals surface area contributed by atoms with Crippen molar-refractivity contribution in [2.24, 2.45) is 0 Å². The molecule has 0 aliphatic heterocycles. The summed E-state index contributed by atoms with van der Waals surface area (Å²) < 4.78 is 11.2. The van der Waals surface area contributed by atoms with Crippen LogP contribution in [0, 0.1) is 0 Å². The molecule has 1 rings (SSSR count). The van der Waals surface area contributed by atoms with Crippen LogP contribution in [0.2, 0.25) is 0 Å². The molecule has 0 radical (unpaired) electrons. The first-order chi connectivity index (χ1) is 9.04. The van der Waals surface area contributed by atoms with Crippen LogP contribution < -0.4 is 14.8 Å². The van der Waals surface area contributed by atoms with Gasteiger partial charge in [0, 0.05) is 18.2 Å². The Morgan fingerprint density at radius 1 is 1.21 bits per heavy atom. The maximum absolute atomic E-state index is 5.85. The largest absolute Gasteiger partial charge is 0.493 e. The Bertz CT molecular complexity index is 411. The Morgan fingerprint density at radius 2 is 1.95 bits per heavy atom. The van der Waals surface area contributed by atoms with E-state index in [1.807, 2.05) is 32.0 Å². The molecule has 0 bridgehead atoms. The minimum atomic E-state index is 0.122. The average molecular weight is 263 g/mol. The van der Waals surface area contributed by atoms with E-state index in [0.717, 1.165) is 23.6 Å². The third kappa shape index (κ3) is 5.35. The normalized spacial score (nSPS) is 11.5. The van der Waals surface area contributed by atoms with Crippen LogP contribution in [0.1, 0.15) is 33.3 Å². The van der Waals surface area contributed by atoms with E-state index in [4.69, 9.17) is 9.47 Å². The zero-order valence-corrected chi connectivity index (χ0v) is 12.6. The van der Waals surface area contributed by atoms with Crippen molar-refractivity contribution in [3.8, 4) is 11.5 Å². The van der Waals surface area contributed by atoms with Gasteiger partial charge in [-0.05, 0) is 19.9 Å². The molecule has 3 heteroatoms. The van der Waals surface area contributed by atoms with E-state index in [2.05, 4.69) is 31.3 Å². The van der Waals surface area contributed by atoms with Gasteiger partial charge >= 0.3 is 0 Å². The molecule has 0 heterocycles. The highest BCUT2D eigenvalue weighted by atomic mass is 16.5. The molecule has 1 aromatic carbocycles. The van der Waals surface area contributed by atoms with Crippen molar-refractivity contribution < 1.29 is 9.47 Å². The first-order valence-corrected chi connectivity index (χ1v) is 6.78. The predicted molar refractivity (Wildman–Crippen MR) is 80.9 cm³/mol. The van der Waals surface area contributed by atoms with Gasteiger partial charge in [0.15, 0.2) is 11.5 Å². The minimum absolute atomic E-state index is 0.122. The second kappa shape index (κ2) is 7.85. The van der Waals surface area contributed by atoms with Crippen LogP contribution in [0.15, 0.2) is 24.3 Å². The molecule has 0 aromatic heterocycles. The van der Waals surface area contributed by atoms with Gasteiger partial charge in [-0.15, -0.1) is 0 Å². The molecule has 0 amide bonds. The number of hydrogen-bond donors (Lipinski definition) is 1. The molecule has 1 aromatic rings. The van der Waals surface area contributed by atoms with E-state index >= 15 is 0 Å². The Hall–Kier alpha value is -1.48. The fourth-order valence-electron chi connectivity index (χ4n) is 1.68. The van der Waals surface area contributed by atoms with E-state index in [1.54, 1.807) is 7.11 Å². The van der Waals surface area contributed by atoms with Gasteiger partial charge in [0.05, 0.1) is 13.2 Å². The first kappa shape index (κ1) is 15.6. The van der Waals surface area contributed by atoms with E-state index in [0.29, 0.717) is 6.04 Å². The Labute approximate surface area is 116 Å². The third-order valence-corrected chi connectivity index (χ3v) is 2.52. The summed E-state index contributed by atoms with van der Waals surface area (Å²) in [5, 5.41) is 3.35. The Kier molecular flexibility index (Phi) is 6.43. The van der Waals surface area contributed by atoms with E-state index in [-0.39, 0.29) is 6.10 Å². The second-order valence-corrected chi connectivity index (χ2v) is 5.01. The molecule has 0 unspecified atom stereocenters. The maximum Gasteiger partial charge on any atom is 0.168 e. The number of ether oxygens (including phenoxy) is 2. The lowest BCUT2D eigenvalue weighted by atomic mass is 10.1. The van der Waals surface area contributed by atoms with Gasteiger partial charge in [0.2, 0.25) is 0 Å². The van der Waals surface area contributed by atoms with Crippen LogP contribution >= 0.6 is 0 Å². The highest BCUT2D eigenvalue weighted by Gasteiger charge is 2.09. The lowest BCUT2D eigenvalue weighted by molar-refractivity contribution is 0.229. The molecule has 0 aliphatic carbocycles. The fraction of sp³-hybridized carbons (Fsp3) is 0.500. The summed E-state index contributed by atoms with van der Waals surface area (Å²) >= 11 is 0. The van der Waals surface area contributed by atoms with Crippen LogP contribution in [-0.2, 0) is 0 Å². The standard InChI is InChI=1S/C16H25NO2/c1-12(2)17-11-7-9-14-8-6-10-15(18-5)16(14)19-13(3)4/h6-10,12-13,17H,11H2,1-5H3. The SMILES string of the molecule is COc1cccc(C=CCNC(C)C)c1OC(C)C. The summed E-state index contributed by atoms with van der Waals surface area (Å²) in [6, 6.07) is 6.41. The van der Waals surface area contributed by atoms with Crippen LogP contribution in [0.3, 0.4) is 0 Å². The molecule has 0 atom stereocenters. The molecular formula is C16H25NO2. The molecule has 0 saturated heterocycles. The Morgan fingerprint density at radius 3 is 2.53 bits per heavy atom. The summed E-state index contributed by atoms with van der Waals surface area (Å²) in [4.78, 5) is 0. The van der Waals surface area contributed by atoms with Gasteiger partial charge in [-0.25, -0.2) is 0 Å². The summed E-state index contributed by atoms with van der Waals surface area (Å²) in [6.07, 6.45) is 4.29. The summed E-state index contributed by atoms with van der Waals surface area (Å²) in [7, 11) is 1.66. The maximum atomic E-state index is 5.85.